The Labute approximate surface area is 213 Å². The second kappa shape index (κ2) is 9.24. The minimum absolute atomic E-state index is 0.215. The number of benzene rings is 3. The summed E-state index contributed by atoms with van der Waals surface area (Å²) < 4.78 is 20.7. The lowest BCUT2D eigenvalue weighted by molar-refractivity contribution is 0.0879. The van der Waals surface area contributed by atoms with Gasteiger partial charge in [-0.2, -0.15) is 0 Å². The van der Waals surface area contributed by atoms with Crippen molar-refractivity contribution in [2.45, 2.75) is 12.5 Å². The first kappa shape index (κ1) is 23.0. The van der Waals surface area contributed by atoms with Crippen LogP contribution < -0.4 is 20.0 Å². The number of para-hydroxylation sites is 1. The second-order valence-electron chi connectivity index (χ2n) is 9.39. The van der Waals surface area contributed by atoms with E-state index in [-0.39, 0.29) is 13.0 Å². The normalized spacial score (nSPS) is 19.2. The summed E-state index contributed by atoms with van der Waals surface area (Å²) in [5, 5.41) is 2.30. The number of hydrogen-bond donors (Lipinski definition) is 1. The lowest BCUT2D eigenvalue weighted by atomic mass is 9.98. The highest BCUT2D eigenvalue weighted by Gasteiger charge is 2.36. The highest BCUT2D eigenvalue weighted by atomic mass is 19.1. The minimum atomic E-state index is -0.568. The number of rotatable bonds is 5. The number of piperazine rings is 1. The Kier molecular flexibility index (Phi) is 5.75. The fourth-order valence-corrected chi connectivity index (χ4v) is 5.31. The van der Waals surface area contributed by atoms with Gasteiger partial charge >= 0.3 is 6.09 Å². The van der Waals surface area contributed by atoms with E-state index in [1.165, 1.54) is 11.0 Å². The van der Waals surface area contributed by atoms with Crippen molar-refractivity contribution in [2.75, 3.05) is 47.4 Å². The number of halogens is 1. The topological polar surface area (TPSA) is 82.2 Å². The largest absolute Gasteiger partial charge is 0.444 e. The van der Waals surface area contributed by atoms with Crippen LogP contribution in [0.1, 0.15) is 26.3 Å². The highest BCUT2D eigenvalue weighted by Crippen LogP contribution is 2.30. The number of nitrogens with one attached hydrogen (secondary N) is 1. The van der Waals surface area contributed by atoms with Crippen LogP contribution in [-0.4, -0.2) is 56.7 Å². The quantitative estimate of drug-likeness (QED) is 0.539. The third-order valence-corrected chi connectivity index (χ3v) is 7.16. The summed E-state index contributed by atoms with van der Waals surface area (Å²) in [6.45, 7) is 3.18. The van der Waals surface area contributed by atoms with Crippen molar-refractivity contribution in [3.63, 3.8) is 0 Å². The van der Waals surface area contributed by atoms with Gasteiger partial charge in [-0.25, -0.2) is 9.18 Å². The number of nitrogens with zero attached hydrogens (tertiary/aromatic N) is 3. The van der Waals surface area contributed by atoms with Gasteiger partial charge in [0, 0.05) is 38.3 Å². The van der Waals surface area contributed by atoms with Crippen molar-refractivity contribution >= 4 is 35.0 Å². The number of ether oxygens (including phenoxy) is 1. The summed E-state index contributed by atoms with van der Waals surface area (Å²) in [6.07, 6.45) is -0.823. The number of anilines is 3. The predicted octanol–water partition coefficient (Wildman–Crippen LogP) is 3.60. The molecule has 3 aliphatic heterocycles. The number of amides is 3. The monoisotopic (exact) mass is 500 g/mol. The fraction of sp³-hybridized carbons (Fsp3) is 0.250. The molecule has 2 fully saturated rings. The molecule has 6 rings (SSSR count). The van der Waals surface area contributed by atoms with Gasteiger partial charge in [0.05, 0.1) is 29.0 Å². The van der Waals surface area contributed by atoms with Crippen LogP contribution in [0.4, 0.5) is 26.2 Å². The van der Waals surface area contributed by atoms with Gasteiger partial charge < -0.3 is 14.5 Å². The van der Waals surface area contributed by atoms with Crippen LogP contribution in [-0.2, 0) is 11.2 Å². The van der Waals surface area contributed by atoms with E-state index in [0.717, 1.165) is 18.8 Å². The van der Waals surface area contributed by atoms with Crippen molar-refractivity contribution in [1.82, 2.24) is 5.32 Å². The van der Waals surface area contributed by atoms with Crippen molar-refractivity contribution in [3.05, 3.63) is 89.2 Å². The molecule has 2 saturated heterocycles. The maximum atomic E-state index is 15.2. The van der Waals surface area contributed by atoms with Crippen molar-refractivity contribution in [1.29, 1.82) is 0 Å². The smallest absolute Gasteiger partial charge is 0.414 e. The van der Waals surface area contributed by atoms with Gasteiger partial charge in [-0.05, 0) is 42.0 Å². The molecule has 37 heavy (non-hydrogen) atoms. The van der Waals surface area contributed by atoms with E-state index in [9.17, 15) is 14.4 Å². The van der Waals surface area contributed by atoms with E-state index in [2.05, 4.69) is 22.3 Å². The number of imide groups is 1. The molecule has 1 unspecified atom stereocenters. The molecule has 8 nitrogen and oxygen atoms in total. The summed E-state index contributed by atoms with van der Waals surface area (Å²) in [5.41, 5.74) is 3.37. The van der Waals surface area contributed by atoms with Gasteiger partial charge in [-0.15, -0.1) is 0 Å². The minimum Gasteiger partial charge on any atom is -0.444 e. The Morgan fingerprint density at radius 2 is 1.59 bits per heavy atom. The Balaban J connectivity index is 1.13. The molecule has 3 heterocycles. The molecule has 3 aromatic rings. The molecule has 3 aromatic carbocycles. The Hall–Kier alpha value is -4.40. The molecule has 0 aliphatic carbocycles. The second-order valence-corrected chi connectivity index (χ2v) is 9.39. The first-order valence-corrected chi connectivity index (χ1v) is 12.3. The maximum absolute atomic E-state index is 15.2. The number of carbonyl (C=O) groups excluding carboxylic acids is 3. The van der Waals surface area contributed by atoms with Crippen LogP contribution in [0.3, 0.4) is 0 Å². The van der Waals surface area contributed by atoms with E-state index in [4.69, 9.17) is 4.74 Å². The highest BCUT2D eigenvalue weighted by molar-refractivity contribution is 6.22. The van der Waals surface area contributed by atoms with Gasteiger partial charge in [-0.3, -0.25) is 19.8 Å². The predicted molar refractivity (Wildman–Crippen MR) is 137 cm³/mol. The van der Waals surface area contributed by atoms with Crippen molar-refractivity contribution < 1.29 is 23.5 Å². The van der Waals surface area contributed by atoms with E-state index in [1.807, 2.05) is 23.1 Å². The molecule has 3 amide bonds. The van der Waals surface area contributed by atoms with Crippen LogP contribution in [0.15, 0.2) is 66.7 Å². The molecular formula is C28H25FN4O4. The molecule has 1 atom stereocenters. The number of fused-ring (bicyclic) bond motifs is 1. The average Bonchev–Trinajstić information content (AvgIpc) is 3.43. The zero-order valence-electron chi connectivity index (χ0n) is 20.0. The van der Waals surface area contributed by atoms with E-state index in [1.54, 1.807) is 30.3 Å². The Morgan fingerprint density at radius 3 is 2.35 bits per heavy atom. The molecule has 188 valence electrons. The molecular weight excluding hydrogens is 475 g/mol. The molecule has 1 N–H and O–H groups in total. The number of carbonyl (C=O) groups is 3. The van der Waals surface area contributed by atoms with Crippen LogP contribution >= 0.6 is 0 Å². The Bertz CT molecular complexity index is 1390. The zero-order chi connectivity index (χ0) is 25.5. The van der Waals surface area contributed by atoms with E-state index >= 15 is 4.39 Å². The lowest BCUT2D eigenvalue weighted by Gasteiger charge is -2.37. The molecule has 3 aliphatic rings. The van der Waals surface area contributed by atoms with Crippen LogP contribution in [0, 0.1) is 5.82 Å². The summed E-state index contributed by atoms with van der Waals surface area (Å²) in [7, 11) is 0. The molecule has 0 radical (unpaired) electrons. The first-order chi connectivity index (χ1) is 18.0. The van der Waals surface area contributed by atoms with Crippen molar-refractivity contribution in [3.8, 4) is 0 Å². The van der Waals surface area contributed by atoms with Gasteiger partial charge in [0.1, 0.15) is 11.9 Å². The molecule has 0 spiro atoms. The van der Waals surface area contributed by atoms with Crippen LogP contribution in [0.2, 0.25) is 0 Å². The third-order valence-electron chi connectivity index (χ3n) is 7.16. The van der Waals surface area contributed by atoms with Gasteiger partial charge in [-0.1, -0.05) is 30.3 Å². The van der Waals surface area contributed by atoms with Crippen molar-refractivity contribution in [2.24, 2.45) is 0 Å². The summed E-state index contributed by atoms with van der Waals surface area (Å²) in [6, 6.07) is 20.0. The Morgan fingerprint density at radius 1 is 0.838 bits per heavy atom. The maximum Gasteiger partial charge on any atom is 0.414 e. The molecule has 0 aromatic heterocycles. The third kappa shape index (κ3) is 4.26. The van der Waals surface area contributed by atoms with Gasteiger partial charge in [0.25, 0.3) is 11.8 Å². The summed E-state index contributed by atoms with van der Waals surface area (Å²) >= 11 is 0. The number of cyclic esters (lactones) is 1. The van der Waals surface area contributed by atoms with Gasteiger partial charge in [0.2, 0.25) is 0 Å². The van der Waals surface area contributed by atoms with Crippen LogP contribution in [0.25, 0.3) is 0 Å². The van der Waals surface area contributed by atoms with Gasteiger partial charge in [0.15, 0.2) is 0 Å². The first-order valence-electron chi connectivity index (χ1n) is 12.3. The SMILES string of the molecule is O=C1NC(=O)c2c(CC3CN(c4ccc(N5CCN(c6ccccc6)CC5)c(F)c4)C(=O)O3)cccc21. The van der Waals surface area contributed by atoms with Crippen LogP contribution in [0.5, 0.6) is 0 Å². The van der Waals surface area contributed by atoms with E-state index < -0.39 is 29.8 Å². The molecule has 0 saturated carbocycles. The molecule has 9 heteroatoms. The fourth-order valence-electron chi connectivity index (χ4n) is 5.31. The van der Waals surface area contributed by atoms with E-state index in [0.29, 0.717) is 41.2 Å². The number of hydrogen-bond acceptors (Lipinski definition) is 6. The summed E-state index contributed by atoms with van der Waals surface area (Å²) in [4.78, 5) is 42.5. The standard InChI is InChI=1S/C28H25FN4O4/c29-23-16-20(9-10-24(23)32-13-11-31(12-14-32)19-6-2-1-3-7-19)33-17-21(37-28(33)36)15-18-5-4-8-22-25(18)27(35)30-26(22)34/h1-10,16,21H,11-15,17H2,(H,30,34,35). The molecule has 0 bridgehead atoms. The lowest BCUT2D eigenvalue weighted by Crippen LogP contribution is -2.46. The zero-order valence-corrected chi connectivity index (χ0v) is 20.0. The average molecular weight is 501 g/mol. The summed E-state index contributed by atoms with van der Waals surface area (Å²) in [5.74, 6) is -1.26.